The van der Waals surface area contributed by atoms with E-state index in [9.17, 15) is 9.90 Å². The van der Waals surface area contributed by atoms with E-state index in [1.807, 2.05) is 24.3 Å². The quantitative estimate of drug-likeness (QED) is 0.878. The number of aliphatic carboxylic acids is 1. The lowest BCUT2D eigenvalue weighted by Crippen LogP contribution is -2.54. The molecule has 2 aliphatic rings. The Labute approximate surface area is 118 Å². The van der Waals surface area contributed by atoms with Crippen LogP contribution in [0.5, 0.6) is 5.75 Å². The first kappa shape index (κ1) is 13.2. The van der Waals surface area contributed by atoms with E-state index in [4.69, 9.17) is 4.74 Å². The van der Waals surface area contributed by atoms with Gasteiger partial charge < -0.3 is 15.2 Å². The summed E-state index contributed by atoms with van der Waals surface area (Å²) in [6, 6.07) is 7.54. The summed E-state index contributed by atoms with van der Waals surface area (Å²) in [6.07, 6.45) is 2.69. The molecule has 2 aliphatic heterocycles. The number of rotatable bonds is 4. The minimum Gasteiger partial charge on any atom is -0.497 e. The molecular formula is C15H20N2O3. The van der Waals surface area contributed by atoms with E-state index in [1.165, 1.54) is 0 Å². The third kappa shape index (κ3) is 2.02. The molecule has 3 rings (SSSR count). The average molecular weight is 276 g/mol. The van der Waals surface area contributed by atoms with Crippen LogP contribution in [-0.4, -0.2) is 47.8 Å². The molecule has 0 spiro atoms. The largest absolute Gasteiger partial charge is 0.497 e. The molecule has 5 nitrogen and oxygen atoms in total. The molecule has 2 N–H and O–H groups in total. The van der Waals surface area contributed by atoms with Crippen molar-refractivity contribution in [2.45, 2.75) is 30.8 Å². The second kappa shape index (κ2) is 4.98. The molecule has 1 aromatic rings. The van der Waals surface area contributed by atoms with Crippen LogP contribution >= 0.6 is 0 Å². The molecule has 0 aliphatic carbocycles. The van der Waals surface area contributed by atoms with Gasteiger partial charge in [0.2, 0.25) is 0 Å². The standard InChI is InChI=1S/C15H20N2O3/c1-20-12-6-4-11(5-7-12)16-15(14(18)19)8-10-17-9-2-3-13(15)17/h4-7,13,16H,2-3,8-10H2,1H3,(H,18,19). The number of fused-ring (bicyclic) bond motifs is 1. The molecule has 108 valence electrons. The van der Waals surface area contributed by atoms with E-state index in [0.717, 1.165) is 37.4 Å². The number of nitrogens with one attached hydrogen (secondary N) is 1. The van der Waals surface area contributed by atoms with Crippen LogP contribution in [-0.2, 0) is 4.79 Å². The van der Waals surface area contributed by atoms with Crippen LogP contribution in [0.25, 0.3) is 0 Å². The van der Waals surface area contributed by atoms with Crippen LogP contribution in [0.15, 0.2) is 24.3 Å². The molecule has 0 saturated carbocycles. The van der Waals surface area contributed by atoms with Crippen molar-refractivity contribution in [2.24, 2.45) is 0 Å². The normalized spacial score (nSPS) is 29.1. The molecule has 0 aromatic heterocycles. The van der Waals surface area contributed by atoms with Crippen LogP contribution in [0.1, 0.15) is 19.3 Å². The lowest BCUT2D eigenvalue weighted by atomic mass is 9.88. The van der Waals surface area contributed by atoms with Gasteiger partial charge in [-0.15, -0.1) is 0 Å². The van der Waals surface area contributed by atoms with E-state index in [0.29, 0.717) is 6.42 Å². The van der Waals surface area contributed by atoms with Gasteiger partial charge in [0.15, 0.2) is 5.54 Å². The van der Waals surface area contributed by atoms with Crippen LogP contribution < -0.4 is 10.1 Å². The first-order chi connectivity index (χ1) is 9.65. The molecule has 1 aromatic carbocycles. The number of ether oxygens (including phenoxy) is 1. The molecule has 2 atom stereocenters. The van der Waals surface area contributed by atoms with Crippen molar-refractivity contribution in [1.82, 2.24) is 4.90 Å². The second-order valence-corrected chi connectivity index (χ2v) is 5.57. The summed E-state index contributed by atoms with van der Waals surface area (Å²) in [6.45, 7) is 1.88. The van der Waals surface area contributed by atoms with Crippen molar-refractivity contribution in [2.75, 3.05) is 25.5 Å². The molecular weight excluding hydrogens is 256 g/mol. The topological polar surface area (TPSA) is 61.8 Å². The Bertz CT molecular complexity index is 502. The fourth-order valence-corrected chi connectivity index (χ4v) is 3.52. The Morgan fingerprint density at radius 2 is 2.15 bits per heavy atom. The highest BCUT2D eigenvalue weighted by Crippen LogP contribution is 2.38. The SMILES string of the molecule is COc1ccc(NC2(C(=O)O)CCN3CCCC32)cc1. The highest BCUT2D eigenvalue weighted by molar-refractivity contribution is 5.84. The van der Waals surface area contributed by atoms with Crippen LogP contribution in [0, 0.1) is 0 Å². The van der Waals surface area contributed by atoms with Gasteiger partial charge in [0.05, 0.1) is 7.11 Å². The molecule has 0 amide bonds. The number of hydrogen-bond acceptors (Lipinski definition) is 4. The van der Waals surface area contributed by atoms with E-state index in [2.05, 4.69) is 10.2 Å². The number of carbonyl (C=O) groups is 1. The number of benzene rings is 1. The van der Waals surface area contributed by atoms with Gasteiger partial charge in [-0.25, -0.2) is 4.79 Å². The van der Waals surface area contributed by atoms with Crippen molar-refractivity contribution in [3.05, 3.63) is 24.3 Å². The minimum atomic E-state index is -0.856. The second-order valence-electron chi connectivity index (χ2n) is 5.57. The summed E-state index contributed by atoms with van der Waals surface area (Å²) in [7, 11) is 1.62. The number of nitrogens with zero attached hydrogens (tertiary/aromatic N) is 1. The molecule has 2 unspecified atom stereocenters. The Morgan fingerprint density at radius 3 is 2.80 bits per heavy atom. The first-order valence-electron chi connectivity index (χ1n) is 7.05. The van der Waals surface area contributed by atoms with Crippen molar-refractivity contribution < 1.29 is 14.6 Å². The van der Waals surface area contributed by atoms with Crippen molar-refractivity contribution in [3.63, 3.8) is 0 Å². The first-order valence-corrected chi connectivity index (χ1v) is 7.05. The zero-order valence-corrected chi connectivity index (χ0v) is 11.6. The van der Waals surface area contributed by atoms with Gasteiger partial charge in [-0.1, -0.05) is 0 Å². The van der Waals surface area contributed by atoms with Gasteiger partial charge in [-0.05, 0) is 50.1 Å². The zero-order valence-electron chi connectivity index (χ0n) is 11.6. The van der Waals surface area contributed by atoms with Crippen LogP contribution in [0.2, 0.25) is 0 Å². The van der Waals surface area contributed by atoms with E-state index in [-0.39, 0.29) is 6.04 Å². The van der Waals surface area contributed by atoms with Gasteiger partial charge in [0.25, 0.3) is 0 Å². The molecule has 2 fully saturated rings. The fraction of sp³-hybridized carbons (Fsp3) is 0.533. The number of carboxylic acid groups (broad SMARTS) is 1. The highest BCUT2D eigenvalue weighted by Gasteiger charge is 2.54. The third-order valence-corrected chi connectivity index (χ3v) is 4.56. The number of carboxylic acids is 1. The van der Waals surface area contributed by atoms with Gasteiger partial charge in [0, 0.05) is 18.3 Å². The maximum atomic E-state index is 11.9. The van der Waals surface area contributed by atoms with Crippen molar-refractivity contribution in [1.29, 1.82) is 0 Å². The Morgan fingerprint density at radius 1 is 1.40 bits per heavy atom. The van der Waals surface area contributed by atoms with Crippen LogP contribution in [0.4, 0.5) is 5.69 Å². The number of anilines is 1. The summed E-state index contributed by atoms with van der Waals surface area (Å²) >= 11 is 0. The Kier molecular flexibility index (Phi) is 3.30. The minimum absolute atomic E-state index is 0.0992. The molecule has 0 radical (unpaired) electrons. The Hall–Kier alpha value is -1.75. The van der Waals surface area contributed by atoms with Crippen molar-refractivity contribution >= 4 is 11.7 Å². The lowest BCUT2D eigenvalue weighted by molar-refractivity contribution is -0.143. The van der Waals surface area contributed by atoms with Gasteiger partial charge in [-0.2, -0.15) is 0 Å². The van der Waals surface area contributed by atoms with E-state index >= 15 is 0 Å². The molecule has 5 heteroatoms. The van der Waals surface area contributed by atoms with Crippen LogP contribution in [0.3, 0.4) is 0 Å². The third-order valence-electron chi connectivity index (χ3n) is 4.56. The molecule has 20 heavy (non-hydrogen) atoms. The van der Waals surface area contributed by atoms with E-state index < -0.39 is 11.5 Å². The molecule has 2 saturated heterocycles. The van der Waals surface area contributed by atoms with Gasteiger partial charge in [0.1, 0.15) is 5.75 Å². The van der Waals surface area contributed by atoms with Gasteiger partial charge in [-0.3, -0.25) is 4.90 Å². The number of hydrogen-bond donors (Lipinski definition) is 2. The predicted octanol–water partition coefficient (Wildman–Crippen LogP) is 1.80. The summed E-state index contributed by atoms with van der Waals surface area (Å²) in [5.41, 5.74) is -0.0209. The Balaban J connectivity index is 1.86. The smallest absolute Gasteiger partial charge is 0.331 e. The summed E-state index contributed by atoms with van der Waals surface area (Å²) in [5.74, 6) is 0.0246. The summed E-state index contributed by atoms with van der Waals surface area (Å²) in [4.78, 5) is 14.2. The maximum absolute atomic E-state index is 11.9. The molecule has 2 heterocycles. The van der Waals surface area contributed by atoms with E-state index in [1.54, 1.807) is 7.11 Å². The molecule has 0 bridgehead atoms. The lowest BCUT2D eigenvalue weighted by Gasteiger charge is -2.33. The monoisotopic (exact) mass is 276 g/mol. The average Bonchev–Trinajstić information content (AvgIpc) is 3.04. The van der Waals surface area contributed by atoms with Crippen molar-refractivity contribution in [3.8, 4) is 5.75 Å². The number of methoxy groups -OCH3 is 1. The highest BCUT2D eigenvalue weighted by atomic mass is 16.5. The predicted molar refractivity (Wildman–Crippen MR) is 76.2 cm³/mol. The van der Waals surface area contributed by atoms with Gasteiger partial charge >= 0.3 is 5.97 Å². The zero-order chi connectivity index (χ0) is 14.2. The summed E-state index contributed by atoms with van der Waals surface area (Å²) in [5, 5.41) is 13.0. The maximum Gasteiger partial charge on any atom is 0.331 e. The summed E-state index contributed by atoms with van der Waals surface area (Å²) < 4.78 is 5.13. The fourth-order valence-electron chi connectivity index (χ4n) is 3.52.